The molecule has 0 aliphatic rings. The molecule has 0 bridgehead atoms. The van der Waals surface area contributed by atoms with Crippen molar-refractivity contribution in [3.05, 3.63) is 35.0 Å². The van der Waals surface area contributed by atoms with E-state index in [0.29, 0.717) is 0 Å². The van der Waals surface area contributed by atoms with Gasteiger partial charge in [0.15, 0.2) is 0 Å². The molecule has 20 heavy (non-hydrogen) atoms. The molecule has 110 valence electrons. The minimum absolute atomic E-state index is 1.14. The van der Waals surface area contributed by atoms with Crippen LogP contribution in [0.25, 0.3) is 10.9 Å². The van der Waals surface area contributed by atoms with E-state index in [4.69, 9.17) is 0 Å². The molecule has 0 saturated carbocycles. The number of aryl methyl sites for hydroxylation is 3. The Morgan fingerprint density at radius 3 is 2.50 bits per heavy atom. The van der Waals surface area contributed by atoms with Crippen LogP contribution in [0.15, 0.2) is 18.2 Å². The highest BCUT2D eigenvalue weighted by molar-refractivity contribution is 14.1. The molecule has 0 unspecified atom stereocenters. The molecule has 1 aromatic carbocycles. The number of hydrogen-bond donors (Lipinski definition) is 0. The number of hydrogen-bond acceptors (Lipinski definition) is 0. The summed E-state index contributed by atoms with van der Waals surface area (Å²) in [6.45, 7) is 7.96. The van der Waals surface area contributed by atoms with Gasteiger partial charge in [-0.25, -0.2) is 0 Å². The second kappa shape index (κ2) is 7.48. The van der Waals surface area contributed by atoms with Crippen molar-refractivity contribution >= 4 is 33.5 Å². The van der Waals surface area contributed by atoms with Crippen LogP contribution in [0, 0.1) is 6.92 Å². The molecule has 0 saturated heterocycles. The summed E-state index contributed by atoms with van der Waals surface area (Å²) in [4.78, 5) is 0. The predicted molar refractivity (Wildman–Crippen MR) is 98.2 cm³/mol. The summed E-state index contributed by atoms with van der Waals surface area (Å²) < 4.78 is 3.87. The van der Waals surface area contributed by atoms with Crippen LogP contribution in [0.1, 0.15) is 49.9 Å². The van der Waals surface area contributed by atoms with E-state index in [0.717, 1.165) is 12.8 Å². The van der Waals surface area contributed by atoms with Crippen molar-refractivity contribution in [2.24, 2.45) is 0 Å². The van der Waals surface area contributed by atoms with Crippen LogP contribution < -0.4 is 0 Å². The minimum Gasteiger partial charge on any atom is -0.344 e. The molecule has 0 atom stereocenters. The first-order chi connectivity index (χ1) is 9.72. The Labute approximate surface area is 136 Å². The molecule has 2 heteroatoms. The average molecular weight is 383 g/mol. The van der Waals surface area contributed by atoms with Gasteiger partial charge in [-0.2, -0.15) is 0 Å². The van der Waals surface area contributed by atoms with Gasteiger partial charge in [-0.3, -0.25) is 0 Å². The zero-order valence-corrected chi connectivity index (χ0v) is 15.2. The van der Waals surface area contributed by atoms with Gasteiger partial charge in [0.2, 0.25) is 0 Å². The van der Waals surface area contributed by atoms with Gasteiger partial charge in [0.1, 0.15) is 0 Å². The van der Waals surface area contributed by atoms with Crippen molar-refractivity contribution in [2.45, 2.75) is 59.4 Å². The normalized spacial score (nSPS) is 11.4. The van der Waals surface area contributed by atoms with Crippen LogP contribution in [-0.4, -0.2) is 8.99 Å². The Kier molecular flexibility index (Phi) is 5.94. The maximum absolute atomic E-state index is 2.58. The average Bonchev–Trinajstić information content (AvgIpc) is 2.75. The fraction of sp³-hybridized carbons (Fsp3) is 0.556. The highest BCUT2D eigenvalue weighted by Gasteiger charge is 2.14. The van der Waals surface area contributed by atoms with Gasteiger partial charge in [-0.1, -0.05) is 54.5 Å². The number of fused-ring (bicyclic) bond motifs is 1. The third-order valence-corrected chi connectivity index (χ3v) is 4.91. The Bertz CT molecular complexity index is 568. The van der Waals surface area contributed by atoms with Crippen LogP contribution >= 0.6 is 22.6 Å². The summed E-state index contributed by atoms with van der Waals surface area (Å²) in [6, 6.07) is 6.94. The highest BCUT2D eigenvalue weighted by Crippen LogP contribution is 2.28. The minimum atomic E-state index is 1.14. The third kappa shape index (κ3) is 3.21. The molecule has 0 N–H and O–H groups in total. The summed E-state index contributed by atoms with van der Waals surface area (Å²) in [5.41, 5.74) is 5.94. The molecule has 2 rings (SSSR count). The largest absolute Gasteiger partial charge is 0.344 e. The Morgan fingerprint density at radius 2 is 1.85 bits per heavy atom. The molecule has 0 spiro atoms. The summed E-state index contributed by atoms with van der Waals surface area (Å²) >= 11 is 2.48. The van der Waals surface area contributed by atoms with E-state index in [1.807, 2.05) is 0 Å². The van der Waals surface area contributed by atoms with Gasteiger partial charge in [0.05, 0.1) is 0 Å². The number of alkyl halides is 1. The lowest BCUT2D eigenvalue weighted by molar-refractivity contribution is 0.602. The molecule has 0 amide bonds. The smallest absolute Gasteiger partial charge is 0.0485 e. The number of halogens is 1. The lowest BCUT2D eigenvalue weighted by Gasteiger charge is -2.10. The predicted octanol–water partition coefficient (Wildman–Crippen LogP) is 5.68. The molecular formula is C18H26IN. The zero-order chi connectivity index (χ0) is 14.5. The molecule has 0 fully saturated rings. The van der Waals surface area contributed by atoms with Crippen molar-refractivity contribution in [1.82, 2.24) is 4.57 Å². The van der Waals surface area contributed by atoms with Crippen LogP contribution in [0.4, 0.5) is 0 Å². The van der Waals surface area contributed by atoms with Gasteiger partial charge < -0.3 is 4.57 Å². The summed E-state index contributed by atoms with van der Waals surface area (Å²) in [5.74, 6) is 0. The lowest BCUT2D eigenvalue weighted by Crippen LogP contribution is -2.04. The first-order valence-corrected chi connectivity index (χ1v) is 9.42. The fourth-order valence-electron chi connectivity index (χ4n) is 3.19. The second-order valence-corrected chi connectivity index (χ2v) is 6.63. The van der Waals surface area contributed by atoms with E-state index < -0.39 is 0 Å². The topological polar surface area (TPSA) is 4.93 Å². The standard InChI is InChI=1S/C18H26IN/c1-4-15-16-13-14(3)9-10-18(16)20(17(15)5-2)12-8-6-7-11-19/h9-10,13H,4-8,11-12H2,1-3H3. The maximum atomic E-state index is 2.58. The van der Waals surface area contributed by atoms with E-state index in [2.05, 4.69) is 66.1 Å². The first kappa shape index (κ1) is 15.9. The highest BCUT2D eigenvalue weighted by atomic mass is 127. The number of benzene rings is 1. The molecule has 1 aromatic heterocycles. The molecule has 1 heterocycles. The van der Waals surface area contributed by atoms with Gasteiger partial charge in [-0.15, -0.1) is 0 Å². The van der Waals surface area contributed by atoms with Crippen molar-refractivity contribution in [3.63, 3.8) is 0 Å². The summed E-state index contributed by atoms with van der Waals surface area (Å²) in [6.07, 6.45) is 6.28. The van der Waals surface area contributed by atoms with Gasteiger partial charge in [-0.05, 0) is 54.7 Å². The Morgan fingerprint density at radius 1 is 1.05 bits per heavy atom. The van der Waals surface area contributed by atoms with Crippen LogP contribution in [0.2, 0.25) is 0 Å². The monoisotopic (exact) mass is 383 g/mol. The third-order valence-electron chi connectivity index (χ3n) is 4.15. The number of rotatable bonds is 7. The lowest BCUT2D eigenvalue weighted by atomic mass is 10.1. The molecule has 0 aliphatic carbocycles. The van der Waals surface area contributed by atoms with Crippen molar-refractivity contribution < 1.29 is 0 Å². The maximum Gasteiger partial charge on any atom is 0.0485 e. The number of nitrogens with zero attached hydrogens (tertiary/aromatic N) is 1. The van der Waals surface area contributed by atoms with E-state index >= 15 is 0 Å². The quantitative estimate of drug-likeness (QED) is 0.329. The van der Waals surface area contributed by atoms with Crippen molar-refractivity contribution in [2.75, 3.05) is 4.43 Å². The summed E-state index contributed by atoms with van der Waals surface area (Å²) in [5, 5.41) is 1.48. The van der Waals surface area contributed by atoms with Crippen LogP contribution in [0.3, 0.4) is 0 Å². The van der Waals surface area contributed by atoms with Gasteiger partial charge in [0, 0.05) is 23.1 Å². The van der Waals surface area contributed by atoms with Gasteiger partial charge in [0.25, 0.3) is 0 Å². The number of unbranched alkanes of at least 4 members (excludes halogenated alkanes) is 2. The molecule has 0 radical (unpaired) electrons. The SMILES string of the molecule is CCc1c(CC)n(CCCCCI)c2ccc(C)cc12. The number of aromatic nitrogens is 1. The van der Waals surface area contributed by atoms with Gasteiger partial charge >= 0.3 is 0 Å². The molecule has 2 aromatic rings. The Hall–Kier alpha value is -0.510. The molecule has 0 aliphatic heterocycles. The van der Waals surface area contributed by atoms with Crippen LogP contribution in [0.5, 0.6) is 0 Å². The van der Waals surface area contributed by atoms with Crippen molar-refractivity contribution in [3.8, 4) is 0 Å². The fourth-order valence-corrected chi connectivity index (χ4v) is 3.73. The second-order valence-electron chi connectivity index (χ2n) is 5.55. The summed E-state index contributed by atoms with van der Waals surface area (Å²) in [7, 11) is 0. The van der Waals surface area contributed by atoms with Crippen molar-refractivity contribution in [1.29, 1.82) is 0 Å². The van der Waals surface area contributed by atoms with Crippen LogP contribution in [-0.2, 0) is 19.4 Å². The zero-order valence-electron chi connectivity index (χ0n) is 13.0. The molecular weight excluding hydrogens is 357 g/mol. The van der Waals surface area contributed by atoms with E-state index in [1.54, 1.807) is 11.3 Å². The van der Waals surface area contributed by atoms with E-state index in [-0.39, 0.29) is 0 Å². The van der Waals surface area contributed by atoms with E-state index in [9.17, 15) is 0 Å². The Balaban J connectivity index is 2.40. The van der Waals surface area contributed by atoms with E-state index in [1.165, 1.54) is 46.7 Å². The first-order valence-electron chi connectivity index (χ1n) is 7.89. The molecule has 1 nitrogen and oxygen atoms in total.